The molecule has 0 fully saturated rings. The van der Waals surface area contributed by atoms with Gasteiger partial charge in [0.15, 0.2) is 0 Å². The lowest BCUT2D eigenvalue weighted by atomic mass is 10.4. The monoisotopic (exact) mass is 316 g/mol. The summed E-state index contributed by atoms with van der Waals surface area (Å²) < 4.78 is 31.6. The van der Waals surface area contributed by atoms with Crippen LogP contribution in [0.2, 0.25) is 0 Å². The molecule has 108 valence electrons. The molecule has 2 aromatic heterocycles. The summed E-state index contributed by atoms with van der Waals surface area (Å²) in [4.78, 5) is 14.5. The highest BCUT2D eigenvalue weighted by molar-refractivity contribution is 7.89. The second-order valence-corrected chi connectivity index (χ2v) is 6.64. The summed E-state index contributed by atoms with van der Waals surface area (Å²) in [5.74, 6) is -0.431. The number of hydrogen-bond acceptors (Lipinski definition) is 6. The van der Waals surface area contributed by atoms with Crippen molar-refractivity contribution in [2.45, 2.75) is 25.3 Å². The summed E-state index contributed by atoms with van der Waals surface area (Å²) in [5, 5.41) is 10.3. The third kappa shape index (κ3) is 2.89. The van der Waals surface area contributed by atoms with E-state index < -0.39 is 16.0 Å². The Kier molecular flexibility index (Phi) is 3.93. The highest BCUT2D eigenvalue weighted by Gasteiger charge is 2.24. The predicted octanol–water partition coefficient (Wildman–Crippen LogP) is 1.53. The van der Waals surface area contributed by atoms with E-state index in [4.69, 9.17) is 9.52 Å². The number of nitrogens with one attached hydrogen (secondary N) is 1. The van der Waals surface area contributed by atoms with Crippen molar-refractivity contribution in [1.29, 1.82) is 0 Å². The van der Waals surface area contributed by atoms with Gasteiger partial charge in [0, 0.05) is 0 Å². The van der Waals surface area contributed by atoms with Gasteiger partial charge in [0.05, 0.1) is 12.2 Å². The summed E-state index contributed by atoms with van der Waals surface area (Å²) in [7, 11) is -3.91. The van der Waals surface area contributed by atoms with Crippen LogP contribution >= 0.6 is 11.3 Å². The van der Waals surface area contributed by atoms with Gasteiger partial charge in [-0.15, -0.1) is 11.3 Å². The first-order chi connectivity index (χ1) is 9.31. The zero-order valence-corrected chi connectivity index (χ0v) is 12.3. The van der Waals surface area contributed by atoms with E-state index in [0.717, 1.165) is 11.3 Å². The van der Waals surface area contributed by atoms with Crippen LogP contribution in [0, 0.1) is 13.8 Å². The maximum absolute atomic E-state index is 12.0. The third-order valence-corrected chi connectivity index (χ3v) is 5.07. The lowest BCUT2D eigenvalue weighted by Crippen LogP contribution is -2.24. The molecule has 2 aromatic rings. The number of carboxylic acid groups (broad SMARTS) is 1. The fourth-order valence-corrected chi connectivity index (χ4v) is 3.75. The number of nitrogens with zero attached hydrogens (tertiary/aromatic N) is 1. The van der Waals surface area contributed by atoms with Gasteiger partial charge in [0.2, 0.25) is 15.9 Å². The van der Waals surface area contributed by atoms with E-state index in [0.29, 0.717) is 11.5 Å². The molecule has 0 saturated carbocycles. The number of aryl methyl sites for hydroxylation is 2. The molecule has 2 rings (SSSR count). The van der Waals surface area contributed by atoms with E-state index >= 15 is 0 Å². The molecule has 0 bridgehead atoms. The number of carbonyl (C=O) groups is 1. The molecule has 0 aliphatic rings. The smallest absolute Gasteiger partial charge is 0.347 e. The van der Waals surface area contributed by atoms with Gasteiger partial charge in [-0.3, -0.25) is 0 Å². The SMILES string of the molecule is Cc1nc(CNS(=O)(=O)c2ccsc2C(=O)O)oc1C. The third-order valence-electron chi connectivity index (χ3n) is 2.60. The maximum Gasteiger partial charge on any atom is 0.347 e. The number of oxazole rings is 1. The van der Waals surface area contributed by atoms with Gasteiger partial charge >= 0.3 is 5.97 Å². The topological polar surface area (TPSA) is 110 Å². The van der Waals surface area contributed by atoms with Crippen molar-refractivity contribution < 1.29 is 22.7 Å². The van der Waals surface area contributed by atoms with Crippen molar-refractivity contribution in [1.82, 2.24) is 9.71 Å². The average molecular weight is 316 g/mol. The summed E-state index contributed by atoms with van der Waals surface area (Å²) in [6.07, 6.45) is 0. The van der Waals surface area contributed by atoms with Crippen molar-refractivity contribution >= 4 is 27.3 Å². The second-order valence-electron chi connectivity index (χ2n) is 3.99. The molecule has 20 heavy (non-hydrogen) atoms. The van der Waals surface area contributed by atoms with Crippen LogP contribution in [0.1, 0.15) is 27.0 Å². The number of rotatable bonds is 5. The molecule has 0 radical (unpaired) electrons. The average Bonchev–Trinajstić information content (AvgIpc) is 2.95. The zero-order valence-electron chi connectivity index (χ0n) is 10.7. The first kappa shape index (κ1) is 14.7. The maximum atomic E-state index is 12.0. The van der Waals surface area contributed by atoms with E-state index in [-0.39, 0.29) is 22.2 Å². The number of aromatic carboxylic acids is 1. The first-order valence-electron chi connectivity index (χ1n) is 5.54. The van der Waals surface area contributed by atoms with Crippen LogP contribution < -0.4 is 4.72 Å². The van der Waals surface area contributed by atoms with Crippen molar-refractivity contribution in [2.75, 3.05) is 0 Å². The molecule has 0 amide bonds. The Morgan fingerprint density at radius 1 is 1.50 bits per heavy atom. The molecular formula is C11H12N2O5S2. The fourth-order valence-electron chi connectivity index (χ4n) is 1.51. The van der Waals surface area contributed by atoms with E-state index in [1.54, 1.807) is 13.8 Å². The predicted molar refractivity (Wildman–Crippen MR) is 71.3 cm³/mol. The van der Waals surface area contributed by atoms with Crippen LogP contribution in [0.5, 0.6) is 0 Å². The molecule has 0 aliphatic carbocycles. The Labute approximate surface area is 119 Å². The minimum atomic E-state index is -3.91. The standard InChI is InChI=1S/C11H12N2O5S2/c1-6-7(2)18-9(13-6)5-12-20(16,17)8-3-4-19-10(8)11(14)15/h3-4,12H,5H2,1-2H3,(H,14,15). The molecule has 0 aromatic carbocycles. The number of aromatic nitrogens is 1. The fraction of sp³-hybridized carbons (Fsp3) is 0.273. The van der Waals surface area contributed by atoms with E-state index in [1.165, 1.54) is 11.4 Å². The molecule has 7 nitrogen and oxygen atoms in total. The largest absolute Gasteiger partial charge is 0.477 e. The Morgan fingerprint density at radius 3 is 2.75 bits per heavy atom. The van der Waals surface area contributed by atoms with Crippen LogP contribution in [0.3, 0.4) is 0 Å². The normalized spacial score (nSPS) is 11.7. The molecule has 2 heterocycles. The summed E-state index contributed by atoms with van der Waals surface area (Å²) >= 11 is 0.855. The van der Waals surface area contributed by atoms with Crippen molar-refractivity contribution in [2.24, 2.45) is 0 Å². The molecule has 0 aliphatic heterocycles. The number of carboxylic acids is 1. The molecule has 2 N–H and O–H groups in total. The molecule has 0 atom stereocenters. The van der Waals surface area contributed by atoms with Gasteiger partial charge < -0.3 is 9.52 Å². The lowest BCUT2D eigenvalue weighted by Gasteiger charge is -2.03. The highest BCUT2D eigenvalue weighted by Crippen LogP contribution is 2.22. The lowest BCUT2D eigenvalue weighted by molar-refractivity contribution is 0.0698. The summed E-state index contributed by atoms with van der Waals surface area (Å²) in [6, 6.07) is 1.25. The van der Waals surface area contributed by atoms with Crippen LogP contribution in [0.4, 0.5) is 0 Å². The summed E-state index contributed by atoms with van der Waals surface area (Å²) in [5.41, 5.74) is 0.681. The zero-order chi connectivity index (χ0) is 14.9. The molecule has 0 unspecified atom stereocenters. The quantitative estimate of drug-likeness (QED) is 0.865. The Balaban J connectivity index is 2.19. The molecule has 9 heteroatoms. The van der Waals surface area contributed by atoms with Crippen LogP contribution in [0.25, 0.3) is 0 Å². The van der Waals surface area contributed by atoms with Gasteiger partial charge in [-0.1, -0.05) is 0 Å². The van der Waals surface area contributed by atoms with Gasteiger partial charge in [-0.25, -0.2) is 22.9 Å². The van der Waals surface area contributed by atoms with Crippen molar-refractivity contribution in [3.63, 3.8) is 0 Å². The van der Waals surface area contributed by atoms with E-state index in [9.17, 15) is 13.2 Å². The number of hydrogen-bond donors (Lipinski definition) is 2. The van der Waals surface area contributed by atoms with Gasteiger partial charge in [-0.2, -0.15) is 0 Å². The van der Waals surface area contributed by atoms with Crippen LogP contribution in [-0.2, 0) is 16.6 Å². The molecule has 0 spiro atoms. The Bertz CT molecular complexity index is 725. The first-order valence-corrected chi connectivity index (χ1v) is 7.91. The Hall–Kier alpha value is -1.71. The molecular weight excluding hydrogens is 304 g/mol. The van der Waals surface area contributed by atoms with Crippen LogP contribution in [-0.4, -0.2) is 24.5 Å². The van der Waals surface area contributed by atoms with Crippen LogP contribution in [0.15, 0.2) is 20.8 Å². The van der Waals surface area contributed by atoms with Crippen molar-refractivity contribution in [3.05, 3.63) is 33.7 Å². The summed E-state index contributed by atoms with van der Waals surface area (Å²) in [6.45, 7) is 3.34. The number of sulfonamides is 1. The van der Waals surface area contributed by atoms with E-state index in [1.807, 2.05) is 0 Å². The van der Waals surface area contributed by atoms with Crippen molar-refractivity contribution in [3.8, 4) is 0 Å². The Morgan fingerprint density at radius 2 is 2.20 bits per heavy atom. The minimum absolute atomic E-state index is 0.133. The second kappa shape index (κ2) is 5.35. The van der Waals surface area contributed by atoms with Gasteiger partial charge in [0.1, 0.15) is 15.5 Å². The minimum Gasteiger partial charge on any atom is -0.477 e. The molecule has 0 saturated heterocycles. The van der Waals surface area contributed by atoms with Gasteiger partial charge in [-0.05, 0) is 25.3 Å². The highest BCUT2D eigenvalue weighted by atomic mass is 32.2. The van der Waals surface area contributed by atoms with Gasteiger partial charge in [0.25, 0.3) is 0 Å². The van der Waals surface area contributed by atoms with E-state index in [2.05, 4.69) is 9.71 Å². The number of thiophene rings is 1.